The average Bonchev–Trinajstić information content (AvgIpc) is 2.54. The lowest BCUT2D eigenvalue weighted by molar-refractivity contribution is -0.117. The maximum Gasteiger partial charge on any atom is 0.233 e. The number of rotatable bonds is 3. The summed E-state index contributed by atoms with van der Waals surface area (Å²) in [5, 5.41) is 6.39. The minimum Gasteiger partial charge on any atom is -0.324 e. The maximum atomic E-state index is 12.6. The quantitative estimate of drug-likeness (QED) is 0.855. The van der Waals surface area contributed by atoms with Gasteiger partial charge in [-0.2, -0.15) is 0 Å². The fourth-order valence-corrected chi connectivity index (χ4v) is 3.25. The van der Waals surface area contributed by atoms with Crippen molar-refractivity contribution in [3.05, 3.63) is 59.7 Å². The molecule has 1 aliphatic heterocycles. The zero-order valence-electron chi connectivity index (χ0n) is 11.9. The second kappa shape index (κ2) is 6.33. The summed E-state index contributed by atoms with van der Waals surface area (Å²) in [5.74, 6) is -0.0824. The van der Waals surface area contributed by atoms with Crippen LogP contribution < -0.4 is 10.6 Å². The van der Waals surface area contributed by atoms with Crippen LogP contribution in [0.15, 0.2) is 53.4 Å². The Hall–Kier alpha value is -1.78. The van der Waals surface area contributed by atoms with Crippen molar-refractivity contribution in [1.82, 2.24) is 5.32 Å². The molecule has 2 aromatic carbocycles. The van der Waals surface area contributed by atoms with Gasteiger partial charge in [-0.15, -0.1) is 11.8 Å². The number of benzene rings is 2. The van der Waals surface area contributed by atoms with Gasteiger partial charge in [0.25, 0.3) is 0 Å². The van der Waals surface area contributed by atoms with Crippen LogP contribution in [-0.4, -0.2) is 18.7 Å². The predicted octanol–water partition coefficient (Wildman–Crippen LogP) is 3.23. The Labute approximate surface area is 129 Å². The number of carbonyl (C=O) groups is 1. The van der Waals surface area contributed by atoms with E-state index in [1.165, 1.54) is 5.56 Å². The fourth-order valence-electron chi connectivity index (χ4n) is 2.70. The first-order chi connectivity index (χ1) is 10.3. The molecule has 3 rings (SSSR count). The van der Waals surface area contributed by atoms with Gasteiger partial charge in [-0.1, -0.05) is 36.4 Å². The molecule has 0 fully saturated rings. The van der Waals surface area contributed by atoms with E-state index < -0.39 is 0 Å². The second-order valence-electron chi connectivity index (χ2n) is 5.07. The van der Waals surface area contributed by atoms with Crippen molar-refractivity contribution in [3.63, 3.8) is 0 Å². The third-order valence-corrected chi connectivity index (χ3v) is 4.57. The molecule has 0 radical (unpaired) electrons. The van der Waals surface area contributed by atoms with Crippen molar-refractivity contribution in [3.8, 4) is 0 Å². The van der Waals surface area contributed by atoms with Gasteiger partial charge in [0, 0.05) is 18.0 Å². The Kier molecular flexibility index (Phi) is 4.27. The number of fused-ring (bicyclic) bond motifs is 1. The highest BCUT2D eigenvalue weighted by Crippen LogP contribution is 2.28. The first-order valence-electron chi connectivity index (χ1n) is 7.02. The van der Waals surface area contributed by atoms with E-state index in [-0.39, 0.29) is 11.8 Å². The SMILES string of the molecule is CSc1ccccc1NC(=O)C1CNCc2ccccc21. The average molecular weight is 298 g/mol. The molecular formula is C17H18N2OS. The standard InChI is InChI=1S/C17H18N2OS/c1-21-16-9-5-4-8-15(16)19-17(20)14-11-18-10-12-6-2-3-7-13(12)14/h2-9,14,18H,10-11H2,1H3,(H,19,20). The van der Waals surface area contributed by atoms with E-state index in [1.54, 1.807) is 11.8 Å². The van der Waals surface area contributed by atoms with E-state index in [9.17, 15) is 4.79 Å². The molecule has 1 amide bonds. The summed E-state index contributed by atoms with van der Waals surface area (Å²) in [6.07, 6.45) is 2.02. The van der Waals surface area contributed by atoms with E-state index >= 15 is 0 Å². The number of nitrogens with one attached hydrogen (secondary N) is 2. The summed E-state index contributed by atoms with van der Waals surface area (Å²) in [6.45, 7) is 1.52. The molecule has 2 N–H and O–H groups in total. The highest BCUT2D eigenvalue weighted by molar-refractivity contribution is 7.98. The number of anilines is 1. The summed E-state index contributed by atoms with van der Waals surface area (Å²) in [5.41, 5.74) is 3.23. The minimum absolute atomic E-state index is 0.0520. The lowest BCUT2D eigenvalue weighted by atomic mass is 9.90. The number of thioether (sulfide) groups is 1. The van der Waals surface area contributed by atoms with Gasteiger partial charge < -0.3 is 10.6 Å². The zero-order valence-corrected chi connectivity index (χ0v) is 12.7. The van der Waals surface area contributed by atoms with E-state index in [0.29, 0.717) is 6.54 Å². The van der Waals surface area contributed by atoms with Crippen LogP contribution >= 0.6 is 11.8 Å². The fraction of sp³-hybridized carbons (Fsp3) is 0.235. The van der Waals surface area contributed by atoms with Crippen LogP contribution in [0.25, 0.3) is 0 Å². The number of amides is 1. The van der Waals surface area contributed by atoms with Gasteiger partial charge in [0.15, 0.2) is 0 Å². The summed E-state index contributed by atoms with van der Waals surface area (Å²) in [6, 6.07) is 16.1. The smallest absolute Gasteiger partial charge is 0.233 e. The summed E-state index contributed by atoms with van der Waals surface area (Å²) in [7, 11) is 0. The molecule has 0 aromatic heterocycles. The van der Waals surface area contributed by atoms with Gasteiger partial charge in [-0.3, -0.25) is 4.79 Å². The van der Waals surface area contributed by atoms with Crippen molar-refractivity contribution in [2.24, 2.45) is 0 Å². The Bertz CT molecular complexity index is 657. The molecule has 1 unspecified atom stereocenters. The molecule has 0 aliphatic carbocycles. The van der Waals surface area contributed by atoms with Crippen LogP contribution in [0, 0.1) is 0 Å². The van der Waals surface area contributed by atoms with Crippen LogP contribution in [-0.2, 0) is 11.3 Å². The van der Waals surface area contributed by atoms with E-state index in [0.717, 1.165) is 22.7 Å². The van der Waals surface area contributed by atoms with E-state index in [1.807, 2.05) is 42.7 Å². The maximum absolute atomic E-state index is 12.6. The monoisotopic (exact) mass is 298 g/mol. The molecule has 108 valence electrons. The van der Waals surface area contributed by atoms with Gasteiger partial charge in [-0.05, 0) is 29.5 Å². The normalized spacial score (nSPS) is 17.1. The molecule has 0 saturated heterocycles. The lowest BCUT2D eigenvalue weighted by Crippen LogP contribution is -2.35. The van der Waals surface area contributed by atoms with Gasteiger partial charge in [0.2, 0.25) is 5.91 Å². The molecule has 3 nitrogen and oxygen atoms in total. The molecule has 4 heteroatoms. The van der Waals surface area contributed by atoms with Crippen LogP contribution in [0.5, 0.6) is 0 Å². The molecule has 0 spiro atoms. The topological polar surface area (TPSA) is 41.1 Å². The Morgan fingerprint density at radius 1 is 1.19 bits per heavy atom. The number of hydrogen-bond acceptors (Lipinski definition) is 3. The van der Waals surface area contributed by atoms with Crippen LogP contribution in [0.3, 0.4) is 0 Å². The van der Waals surface area contributed by atoms with Crippen LogP contribution in [0.4, 0.5) is 5.69 Å². The first kappa shape index (κ1) is 14.2. The molecule has 2 aromatic rings. The molecule has 1 atom stereocenters. The third-order valence-electron chi connectivity index (χ3n) is 3.78. The van der Waals surface area contributed by atoms with Gasteiger partial charge >= 0.3 is 0 Å². The van der Waals surface area contributed by atoms with Crippen molar-refractivity contribution >= 4 is 23.4 Å². The highest BCUT2D eigenvalue weighted by Gasteiger charge is 2.26. The van der Waals surface area contributed by atoms with Crippen molar-refractivity contribution in [2.75, 3.05) is 18.1 Å². The lowest BCUT2D eigenvalue weighted by Gasteiger charge is -2.25. The molecule has 1 aliphatic rings. The predicted molar refractivity (Wildman–Crippen MR) is 87.7 cm³/mol. The van der Waals surface area contributed by atoms with Crippen LogP contribution in [0.2, 0.25) is 0 Å². The number of carbonyl (C=O) groups excluding carboxylic acids is 1. The highest BCUT2D eigenvalue weighted by atomic mass is 32.2. The molecular weight excluding hydrogens is 280 g/mol. The van der Waals surface area contributed by atoms with Crippen molar-refractivity contribution in [1.29, 1.82) is 0 Å². The number of para-hydroxylation sites is 1. The minimum atomic E-state index is -0.134. The van der Waals surface area contributed by atoms with E-state index in [2.05, 4.69) is 22.8 Å². The molecule has 0 bridgehead atoms. The summed E-state index contributed by atoms with van der Waals surface area (Å²) in [4.78, 5) is 13.7. The van der Waals surface area contributed by atoms with Gasteiger partial charge in [-0.25, -0.2) is 0 Å². The van der Waals surface area contributed by atoms with Crippen molar-refractivity contribution in [2.45, 2.75) is 17.4 Å². The van der Waals surface area contributed by atoms with Crippen molar-refractivity contribution < 1.29 is 4.79 Å². The zero-order chi connectivity index (χ0) is 14.7. The largest absolute Gasteiger partial charge is 0.324 e. The first-order valence-corrected chi connectivity index (χ1v) is 8.24. The van der Waals surface area contributed by atoms with E-state index in [4.69, 9.17) is 0 Å². The number of hydrogen-bond donors (Lipinski definition) is 2. The molecule has 21 heavy (non-hydrogen) atoms. The Morgan fingerprint density at radius 2 is 1.95 bits per heavy atom. The third kappa shape index (κ3) is 2.96. The Balaban J connectivity index is 1.84. The van der Waals surface area contributed by atoms with Gasteiger partial charge in [0.1, 0.15) is 0 Å². The molecule has 1 heterocycles. The summed E-state index contributed by atoms with van der Waals surface area (Å²) < 4.78 is 0. The molecule has 0 saturated carbocycles. The summed E-state index contributed by atoms with van der Waals surface area (Å²) >= 11 is 1.64. The Morgan fingerprint density at radius 3 is 2.81 bits per heavy atom. The second-order valence-corrected chi connectivity index (χ2v) is 5.92. The van der Waals surface area contributed by atoms with Crippen LogP contribution in [0.1, 0.15) is 17.0 Å². The van der Waals surface area contributed by atoms with Gasteiger partial charge in [0.05, 0.1) is 11.6 Å².